The van der Waals surface area contributed by atoms with Gasteiger partial charge in [-0.25, -0.2) is 15.8 Å². The lowest BCUT2D eigenvalue weighted by Crippen LogP contribution is -2.10. The number of nitrogens with two attached hydrogens (primary N) is 1. The molecule has 0 saturated heterocycles. The molecular weight excluding hydrogens is 248 g/mol. The number of aromatic nitrogens is 2. The number of nitrogen functional groups attached to an aromatic ring is 1. The molecule has 92 valence electrons. The average Bonchev–Trinajstić information content (AvgIpc) is 3.23. The molecule has 5 heteroatoms. The van der Waals surface area contributed by atoms with E-state index in [0.717, 1.165) is 11.3 Å². The molecule has 1 heterocycles. The van der Waals surface area contributed by atoms with Gasteiger partial charge in [0.15, 0.2) is 5.82 Å². The molecule has 1 aliphatic carbocycles. The second kappa shape index (κ2) is 4.55. The Morgan fingerprint density at radius 1 is 1.22 bits per heavy atom. The molecule has 1 aromatic carbocycles. The van der Waals surface area contributed by atoms with Crippen molar-refractivity contribution in [3.8, 4) is 11.4 Å². The largest absolute Gasteiger partial charge is 0.308 e. The van der Waals surface area contributed by atoms with Crippen LogP contribution in [0.2, 0.25) is 5.02 Å². The van der Waals surface area contributed by atoms with E-state index in [0.29, 0.717) is 22.6 Å². The summed E-state index contributed by atoms with van der Waals surface area (Å²) in [6.07, 6.45) is 2.37. The van der Waals surface area contributed by atoms with E-state index < -0.39 is 0 Å². The minimum absolute atomic E-state index is 0.543. The van der Waals surface area contributed by atoms with Crippen LogP contribution in [0.5, 0.6) is 0 Å². The summed E-state index contributed by atoms with van der Waals surface area (Å²) in [6, 6.07) is 9.45. The second-order valence-electron chi connectivity index (χ2n) is 4.40. The van der Waals surface area contributed by atoms with Crippen LogP contribution in [0.4, 0.5) is 5.82 Å². The third-order valence-corrected chi connectivity index (χ3v) is 3.33. The van der Waals surface area contributed by atoms with Crippen molar-refractivity contribution in [2.75, 3.05) is 5.43 Å². The van der Waals surface area contributed by atoms with Crippen molar-refractivity contribution in [3.63, 3.8) is 0 Å². The van der Waals surface area contributed by atoms with Gasteiger partial charge in [0.05, 0.1) is 5.02 Å². The summed E-state index contributed by atoms with van der Waals surface area (Å²) >= 11 is 6.17. The standard InChI is InChI=1S/C13H13ClN4/c14-10-4-2-1-3-9(10)13-16-11(8-5-6-8)7-12(17-13)18-15/h1-4,7-8H,5-6,15H2,(H,16,17,18). The number of anilines is 1. The van der Waals surface area contributed by atoms with Crippen LogP contribution in [0.15, 0.2) is 30.3 Å². The molecule has 3 N–H and O–H groups in total. The van der Waals surface area contributed by atoms with Gasteiger partial charge in [-0.3, -0.25) is 0 Å². The van der Waals surface area contributed by atoms with Gasteiger partial charge >= 0.3 is 0 Å². The van der Waals surface area contributed by atoms with Gasteiger partial charge in [-0.2, -0.15) is 0 Å². The summed E-state index contributed by atoms with van der Waals surface area (Å²) in [5.41, 5.74) is 4.45. The van der Waals surface area contributed by atoms with Gasteiger partial charge in [0.1, 0.15) is 5.82 Å². The number of nitrogens with one attached hydrogen (secondary N) is 1. The molecular formula is C13H13ClN4. The topological polar surface area (TPSA) is 63.8 Å². The normalized spacial score (nSPS) is 14.6. The summed E-state index contributed by atoms with van der Waals surface area (Å²) in [5, 5.41) is 0.647. The van der Waals surface area contributed by atoms with Gasteiger partial charge in [0.25, 0.3) is 0 Å². The van der Waals surface area contributed by atoms with Crippen LogP contribution >= 0.6 is 11.6 Å². The van der Waals surface area contributed by atoms with E-state index >= 15 is 0 Å². The summed E-state index contributed by atoms with van der Waals surface area (Å²) < 4.78 is 0. The zero-order chi connectivity index (χ0) is 12.5. The second-order valence-corrected chi connectivity index (χ2v) is 4.81. The highest BCUT2D eigenvalue weighted by atomic mass is 35.5. The fourth-order valence-corrected chi connectivity index (χ4v) is 2.11. The summed E-state index contributed by atoms with van der Waals surface area (Å²) in [6.45, 7) is 0. The highest BCUT2D eigenvalue weighted by Gasteiger charge is 2.26. The first-order valence-electron chi connectivity index (χ1n) is 5.88. The minimum Gasteiger partial charge on any atom is -0.308 e. The first-order valence-corrected chi connectivity index (χ1v) is 6.26. The zero-order valence-corrected chi connectivity index (χ0v) is 10.5. The average molecular weight is 261 g/mol. The van der Waals surface area contributed by atoms with Crippen molar-refractivity contribution in [1.82, 2.24) is 9.97 Å². The molecule has 0 spiro atoms. The lowest BCUT2D eigenvalue weighted by molar-refractivity contribution is 0.991. The van der Waals surface area contributed by atoms with Crippen molar-refractivity contribution in [3.05, 3.63) is 41.0 Å². The Kier molecular flexibility index (Phi) is 2.89. The highest BCUT2D eigenvalue weighted by Crippen LogP contribution is 2.40. The van der Waals surface area contributed by atoms with Crippen molar-refractivity contribution in [2.24, 2.45) is 5.84 Å². The molecule has 1 aromatic heterocycles. The molecule has 1 aliphatic rings. The fourth-order valence-electron chi connectivity index (χ4n) is 1.89. The van der Waals surface area contributed by atoms with Gasteiger partial charge in [0, 0.05) is 23.2 Å². The molecule has 1 fully saturated rings. The fraction of sp³-hybridized carbons (Fsp3) is 0.231. The van der Waals surface area contributed by atoms with Crippen LogP contribution in [-0.4, -0.2) is 9.97 Å². The first-order chi connectivity index (χ1) is 8.78. The molecule has 0 bridgehead atoms. The smallest absolute Gasteiger partial charge is 0.163 e. The van der Waals surface area contributed by atoms with E-state index in [1.165, 1.54) is 12.8 Å². The van der Waals surface area contributed by atoms with E-state index in [9.17, 15) is 0 Å². The molecule has 4 nitrogen and oxygen atoms in total. The molecule has 3 rings (SSSR count). The molecule has 0 aliphatic heterocycles. The molecule has 18 heavy (non-hydrogen) atoms. The van der Waals surface area contributed by atoms with Gasteiger partial charge in [0.2, 0.25) is 0 Å². The van der Waals surface area contributed by atoms with Crippen molar-refractivity contribution in [2.45, 2.75) is 18.8 Å². The van der Waals surface area contributed by atoms with Crippen LogP contribution in [0.1, 0.15) is 24.5 Å². The van der Waals surface area contributed by atoms with E-state index in [1.807, 2.05) is 30.3 Å². The third-order valence-electron chi connectivity index (χ3n) is 3.00. The van der Waals surface area contributed by atoms with Gasteiger partial charge < -0.3 is 5.43 Å². The summed E-state index contributed by atoms with van der Waals surface area (Å²) in [5.74, 6) is 7.24. The van der Waals surface area contributed by atoms with Crippen molar-refractivity contribution < 1.29 is 0 Å². The van der Waals surface area contributed by atoms with E-state index in [2.05, 4.69) is 15.4 Å². The Morgan fingerprint density at radius 2 is 2.00 bits per heavy atom. The number of halogens is 1. The number of hydrogen-bond acceptors (Lipinski definition) is 4. The molecule has 0 radical (unpaired) electrons. The predicted octanol–water partition coefficient (Wildman–Crippen LogP) is 2.96. The molecule has 0 atom stereocenters. The Balaban J connectivity index is 2.10. The SMILES string of the molecule is NNc1cc(C2CC2)nc(-c2ccccc2Cl)n1. The molecule has 0 amide bonds. The van der Waals surface area contributed by atoms with E-state index in [4.69, 9.17) is 17.4 Å². The minimum atomic E-state index is 0.543. The number of nitrogens with zero attached hydrogens (tertiary/aromatic N) is 2. The van der Waals surface area contributed by atoms with Gasteiger partial charge in [-0.05, 0) is 25.0 Å². The zero-order valence-electron chi connectivity index (χ0n) is 9.73. The van der Waals surface area contributed by atoms with Crippen LogP contribution in [0.25, 0.3) is 11.4 Å². The van der Waals surface area contributed by atoms with Crippen LogP contribution in [0.3, 0.4) is 0 Å². The lowest BCUT2D eigenvalue weighted by Gasteiger charge is -2.08. The third kappa shape index (κ3) is 2.17. The van der Waals surface area contributed by atoms with Crippen molar-refractivity contribution >= 4 is 17.4 Å². The number of hydrazine groups is 1. The molecule has 0 unspecified atom stereocenters. The molecule has 2 aromatic rings. The monoisotopic (exact) mass is 260 g/mol. The summed E-state index contributed by atoms with van der Waals surface area (Å²) in [7, 11) is 0. The predicted molar refractivity (Wildman–Crippen MR) is 72.3 cm³/mol. The molecule has 1 saturated carbocycles. The van der Waals surface area contributed by atoms with Crippen LogP contribution in [-0.2, 0) is 0 Å². The quantitative estimate of drug-likeness (QED) is 0.658. The Morgan fingerprint density at radius 3 is 2.67 bits per heavy atom. The van der Waals surface area contributed by atoms with Crippen molar-refractivity contribution in [1.29, 1.82) is 0 Å². The maximum absolute atomic E-state index is 6.17. The van der Waals surface area contributed by atoms with Crippen LogP contribution < -0.4 is 11.3 Å². The number of hydrogen-bond donors (Lipinski definition) is 2. The first kappa shape index (κ1) is 11.4. The maximum atomic E-state index is 6.17. The Labute approximate surface area is 110 Å². The number of benzene rings is 1. The van der Waals surface area contributed by atoms with E-state index in [1.54, 1.807) is 0 Å². The van der Waals surface area contributed by atoms with Gasteiger partial charge in [-0.1, -0.05) is 23.7 Å². The Bertz CT molecular complexity index is 581. The van der Waals surface area contributed by atoms with Gasteiger partial charge in [-0.15, -0.1) is 0 Å². The highest BCUT2D eigenvalue weighted by molar-refractivity contribution is 6.33. The number of rotatable bonds is 3. The summed E-state index contributed by atoms with van der Waals surface area (Å²) in [4.78, 5) is 8.94. The van der Waals surface area contributed by atoms with Crippen LogP contribution in [0, 0.1) is 0 Å². The van der Waals surface area contributed by atoms with E-state index in [-0.39, 0.29) is 0 Å². The maximum Gasteiger partial charge on any atom is 0.163 e. The lowest BCUT2D eigenvalue weighted by atomic mass is 10.2. The Hall–Kier alpha value is -1.65.